The van der Waals surface area contributed by atoms with Crippen LogP contribution in [-0.2, 0) is 5.41 Å². The summed E-state index contributed by atoms with van der Waals surface area (Å²) in [5.74, 6) is -0.198. The quantitative estimate of drug-likeness (QED) is 0.889. The molecule has 1 aromatic rings. The molecule has 1 fully saturated rings. The normalized spacial score (nSPS) is 28.2. The van der Waals surface area contributed by atoms with Crippen LogP contribution >= 0.6 is 0 Å². The van der Waals surface area contributed by atoms with Crippen molar-refractivity contribution in [2.24, 2.45) is 0 Å². The van der Waals surface area contributed by atoms with Crippen molar-refractivity contribution in [3.63, 3.8) is 0 Å². The summed E-state index contributed by atoms with van der Waals surface area (Å²) in [5.41, 5.74) is 0.921. The fourth-order valence-corrected chi connectivity index (χ4v) is 2.59. The highest BCUT2D eigenvalue weighted by Gasteiger charge is 2.33. The Bertz CT molecular complexity index is 417. The Morgan fingerprint density at radius 3 is 2.16 bits per heavy atom. The number of ether oxygens (including phenoxy) is 1. The number of hydrogen-bond donors (Lipinski definition) is 1. The Morgan fingerprint density at radius 1 is 1.16 bits per heavy atom. The van der Waals surface area contributed by atoms with Gasteiger partial charge in [0.05, 0.1) is 6.10 Å². The fourth-order valence-electron chi connectivity index (χ4n) is 2.59. The van der Waals surface area contributed by atoms with Crippen LogP contribution in [0.4, 0.5) is 13.2 Å². The van der Waals surface area contributed by atoms with Gasteiger partial charge in [-0.1, -0.05) is 19.1 Å². The molecule has 0 aromatic heterocycles. The van der Waals surface area contributed by atoms with E-state index in [2.05, 4.69) is 11.7 Å². The van der Waals surface area contributed by atoms with Crippen LogP contribution in [0.3, 0.4) is 0 Å². The summed E-state index contributed by atoms with van der Waals surface area (Å²) in [6.45, 7) is 2.08. The molecule has 0 atom stereocenters. The maximum atomic E-state index is 12.1. The number of aliphatic hydroxyl groups is 1. The number of hydrogen-bond acceptors (Lipinski definition) is 2. The molecule has 0 bridgehead atoms. The first-order chi connectivity index (χ1) is 8.78. The summed E-state index contributed by atoms with van der Waals surface area (Å²) < 4.78 is 40.0. The molecular weight excluding hydrogens is 257 g/mol. The van der Waals surface area contributed by atoms with Crippen LogP contribution < -0.4 is 4.74 Å². The number of rotatable bonds is 2. The predicted molar refractivity (Wildman–Crippen MR) is 65.0 cm³/mol. The molecule has 1 N–H and O–H groups in total. The minimum absolute atomic E-state index is 0.0734. The van der Waals surface area contributed by atoms with Gasteiger partial charge in [-0.25, -0.2) is 0 Å². The molecule has 2 rings (SSSR count). The van der Waals surface area contributed by atoms with Crippen molar-refractivity contribution in [2.75, 3.05) is 0 Å². The lowest BCUT2D eigenvalue weighted by Crippen LogP contribution is -2.30. The van der Waals surface area contributed by atoms with Crippen LogP contribution in [0.15, 0.2) is 24.3 Å². The number of aliphatic hydroxyl groups excluding tert-OH is 1. The van der Waals surface area contributed by atoms with Crippen molar-refractivity contribution in [3.8, 4) is 5.75 Å². The third kappa shape index (κ3) is 3.62. The van der Waals surface area contributed by atoms with Crippen LogP contribution in [0.25, 0.3) is 0 Å². The molecule has 106 valence electrons. The zero-order valence-electron chi connectivity index (χ0n) is 10.7. The molecule has 0 radical (unpaired) electrons. The lowest BCUT2D eigenvalue weighted by molar-refractivity contribution is -0.274. The Kier molecular flexibility index (Phi) is 3.76. The fraction of sp³-hybridized carbons (Fsp3) is 0.571. The van der Waals surface area contributed by atoms with Crippen molar-refractivity contribution in [1.82, 2.24) is 0 Å². The van der Waals surface area contributed by atoms with E-state index < -0.39 is 6.36 Å². The molecule has 0 spiro atoms. The van der Waals surface area contributed by atoms with Crippen molar-refractivity contribution in [1.29, 1.82) is 0 Å². The van der Waals surface area contributed by atoms with E-state index in [0.717, 1.165) is 31.2 Å². The Labute approximate surface area is 110 Å². The first kappa shape index (κ1) is 14.2. The van der Waals surface area contributed by atoms with Gasteiger partial charge in [-0.3, -0.25) is 0 Å². The minimum atomic E-state index is -4.65. The van der Waals surface area contributed by atoms with E-state index in [1.165, 1.54) is 12.1 Å². The summed E-state index contributed by atoms with van der Waals surface area (Å²) >= 11 is 0. The van der Waals surface area contributed by atoms with E-state index in [1.807, 2.05) is 0 Å². The zero-order valence-corrected chi connectivity index (χ0v) is 10.7. The second-order valence-electron chi connectivity index (χ2n) is 5.36. The van der Waals surface area contributed by atoms with Gasteiger partial charge >= 0.3 is 6.36 Å². The number of alkyl halides is 3. The summed E-state index contributed by atoms with van der Waals surface area (Å²) in [6, 6.07) is 6.05. The Hall–Kier alpha value is -1.23. The average molecular weight is 274 g/mol. The van der Waals surface area contributed by atoms with Gasteiger partial charge in [-0.15, -0.1) is 13.2 Å². The van der Waals surface area contributed by atoms with Gasteiger partial charge in [0.25, 0.3) is 0 Å². The van der Waals surface area contributed by atoms with E-state index in [4.69, 9.17) is 0 Å². The summed E-state index contributed by atoms with van der Waals surface area (Å²) in [5, 5.41) is 9.52. The minimum Gasteiger partial charge on any atom is -0.406 e. The number of benzene rings is 1. The second-order valence-corrected chi connectivity index (χ2v) is 5.36. The van der Waals surface area contributed by atoms with Crippen LogP contribution in [-0.4, -0.2) is 17.6 Å². The predicted octanol–water partition coefficient (Wildman–Crippen LogP) is 3.78. The van der Waals surface area contributed by atoms with Crippen molar-refractivity contribution in [3.05, 3.63) is 29.8 Å². The molecule has 5 heteroatoms. The molecule has 1 aliphatic rings. The van der Waals surface area contributed by atoms with Gasteiger partial charge in [0, 0.05) is 0 Å². The SMILES string of the molecule is CC1(c2ccc(OC(F)(F)F)cc2)CCC(O)CC1. The standard InChI is InChI=1S/C14H17F3O2/c1-13(8-6-11(18)7-9-13)10-2-4-12(5-3-10)19-14(15,16)17/h2-5,11,18H,6-9H2,1H3. The molecule has 0 saturated heterocycles. The van der Waals surface area contributed by atoms with Gasteiger partial charge in [0.15, 0.2) is 0 Å². The van der Waals surface area contributed by atoms with Gasteiger partial charge in [-0.05, 0) is 48.8 Å². The summed E-state index contributed by atoms with van der Waals surface area (Å²) in [4.78, 5) is 0. The van der Waals surface area contributed by atoms with Crippen LogP contribution in [0.2, 0.25) is 0 Å². The molecule has 1 aliphatic carbocycles. The molecule has 0 aliphatic heterocycles. The highest BCUT2D eigenvalue weighted by Crippen LogP contribution is 2.39. The van der Waals surface area contributed by atoms with E-state index in [9.17, 15) is 18.3 Å². The van der Waals surface area contributed by atoms with Gasteiger partial charge in [0.2, 0.25) is 0 Å². The molecule has 1 aromatic carbocycles. The van der Waals surface area contributed by atoms with E-state index in [1.54, 1.807) is 12.1 Å². The summed E-state index contributed by atoms with van der Waals surface area (Å²) in [7, 11) is 0. The molecule has 0 unspecified atom stereocenters. The van der Waals surface area contributed by atoms with E-state index in [0.29, 0.717) is 0 Å². The first-order valence-electron chi connectivity index (χ1n) is 6.33. The third-order valence-electron chi connectivity index (χ3n) is 3.84. The maximum Gasteiger partial charge on any atom is 0.573 e. The van der Waals surface area contributed by atoms with E-state index in [-0.39, 0.29) is 17.3 Å². The van der Waals surface area contributed by atoms with Crippen LogP contribution in [0.1, 0.15) is 38.2 Å². The van der Waals surface area contributed by atoms with Crippen molar-refractivity contribution < 1.29 is 23.0 Å². The average Bonchev–Trinajstić information content (AvgIpc) is 2.32. The Morgan fingerprint density at radius 2 is 1.68 bits per heavy atom. The first-order valence-corrected chi connectivity index (χ1v) is 6.33. The number of halogens is 3. The van der Waals surface area contributed by atoms with Gasteiger partial charge in [-0.2, -0.15) is 0 Å². The van der Waals surface area contributed by atoms with Crippen LogP contribution in [0, 0.1) is 0 Å². The largest absolute Gasteiger partial charge is 0.573 e. The zero-order chi connectivity index (χ0) is 14.1. The smallest absolute Gasteiger partial charge is 0.406 e. The highest BCUT2D eigenvalue weighted by atomic mass is 19.4. The molecule has 0 heterocycles. The van der Waals surface area contributed by atoms with Crippen molar-refractivity contribution in [2.45, 2.75) is 50.5 Å². The lowest BCUT2D eigenvalue weighted by Gasteiger charge is -2.36. The Balaban J connectivity index is 2.10. The molecule has 19 heavy (non-hydrogen) atoms. The van der Waals surface area contributed by atoms with Gasteiger partial charge in [0.1, 0.15) is 5.75 Å². The van der Waals surface area contributed by atoms with Crippen molar-refractivity contribution >= 4 is 0 Å². The molecular formula is C14H17F3O2. The topological polar surface area (TPSA) is 29.5 Å². The molecule has 2 nitrogen and oxygen atoms in total. The van der Waals surface area contributed by atoms with Crippen LogP contribution in [0.5, 0.6) is 5.75 Å². The summed E-state index contributed by atoms with van der Waals surface area (Å²) in [6.07, 6.45) is -1.75. The highest BCUT2D eigenvalue weighted by molar-refractivity contribution is 5.32. The lowest BCUT2D eigenvalue weighted by atomic mass is 9.70. The third-order valence-corrected chi connectivity index (χ3v) is 3.84. The molecule has 0 amide bonds. The van der Waals surface area contributed by atoms with E-state index >= 15 is 0 Å². The monoisotopic (exact) mass is 274 g/mol. The molecule has 1 saturated carbocycles. The van der Waals surface area contributed by atoms with Gasteiger partial charge < -0.3 is 9.84 Å². The maximum absolute atomic E-state index is 12.1. The second kappa shape index (κ2) is 5.04.